The molecule has 6 nitrogen and oxygen atoms in total. The molecule has 3 heterocycles. The number of alkyl halides is 3. The molecule has 1 saturated carbocycles. The van der Waals surface area contributed by atoms with Crippen LogP contribution in [0.25, 0.3) is 5.78 Å². The molecule has 2 aliphatic rings. The summed E-state index contributed by atoms with van der Waals surface area (Å²) in [4.78, 5) is 22.7. The molecule has 0 aromatic carbocycles. The molecule has 9 heteroatoms. The number of hydrogen-bond acceptors (Lipinski definition) is 4. The van der Waals surface area contributed by atoms with Gasteiger partial charge in [-0.3, -0.25) is 4.79 Å². The van der Waals surface area contributed by atoms with E-state index in [1.54, 1.807) is 0 Å². The molecule has 27 heavy (non-hydrogen) atoms. The van der Waals surface area contributed by atoms with Gasteiger partial charge >= 0.3 is 6.18 Å². The molecule has 1 aliphatic carbocycles. The molecule has 0 N–H and O–H groups in total. The highest BCUT2D eigenvalue weighted by Crippen LogP contribution is 2.34. The van der Waals surface area contributed by atoms with Gasteiger partial charge < -0.3 is 4.90 Å². The van der Waals surface area contributed by atoms with E-state index in [-0.39, 0.29) is 23.5 Å². The monoisotopic (exact) mass is 381 g/mol. The van der Waals surface area contributed by atoms with Crippen LogP contribution in [0.15, 0.2) is 12.4 Å². The number of aromatic nitrogens is 4. The fraction of sp³-hybridized carbons (Fsp3) is 0.667. The van der Waals surface area contributed by atoms with Crippen molar-refractivity contribution >= 4 is 11.7 Å². The van der Waals surface area contributed by atoms with Gasteiger partial charge in [-0.05, 0) is 31.7 Å². The van der Waals surface area contributed by atoms with E-state index in [0.717, 1.165) is 42.6 Å². The number of rotatable bonds is 2. The van der Waals surface area contributed by atoms with Crippen LogP contribution in [0.5, 0.6) is 0 Å². The Labute approximate surface area is 154 Å². The summed E-state index contributed by atoms with van der Waals surface area (Å²) in [6.45, 7) is 1.14. The summed E-state index contributed by atoms with van der Waals surface area (Å²) in [5, 5.41) is 3.63. The fourth-order valence-corrected chi connectivity index (χ4v) is 4.24. The topological polar surface area (TPSA) is 63.4 Å². The van der Waals surface area contributed by atoms with Crippen molar-refractivity contribution in [1.82, 2.24) is 24.5 Å². The van der Waals surface area contributed by atoms with Crippen LogP contribution in [0.3, 0.4) is 0 Å². The van der Waals surface area contributed by atoms with E-state index in [1.165, 1.54) is 6.42 Å². The van der Waals surface area contributed by atoms with Crippen molar-refractivity contribution in [2.24, 2.45) is 5.92 Å². The van der Waals surface area contributed by atoms with Crippen LogP contribution in [-0.2, 0) is 11.0 Å². The van der Waals surface area contributed by atoms with Crippen molar-refractivity contribution in [3.8, 4) is 0 Å². The van der Waals surface area contributed by atoms with Crippen LogP contribution in [0.2, 0.25) is 0 Å². The van der Waals surface area contributed by atoms with E-state index in [1.807, 2.05) is 4.90 Å². The Morgan fingerprint density at radius 2 is 1.78 bits per heavy atom. The number of piperidine rings is 1. The van der Waals surface area contributed by atoms with Gasteiger partial charge in [0.1, 0.15) is 6.33 Å². The maximum atomic E-state index is 13.3. The normalized spacial score (nSPS) is 20.3. The average Bonchev–Trinajstić information content (AvgIpc) is 3.15. The number of carbonyl (C=O) groups excluding carboxylic acids is 1. The maximum absolute atomic E-state index is 13.3. The van der Waals surface area contributed by atoms with Crippen molar-refractivity contribution < 1.29 is 18.0 Å². The Kier molecular flexibility index (Phi) is 4.77. The molecule has 146 valence electrons. The lowest BCUT2D eigenvalue weighted by Gasteiger charge is -2.35. The zero-order chi connectivity index (χ0) is 19.0. The van der Waals surface area contributed by atoms with Crippen molar-refractivity contribution in [2.45, 2.75) is 57.0 Å². The van der Waals surface area contributed by atoms with Crippen LogP contribution >= 0.6 is 0 Å². The Morgan fingerprint density at radius 1 is 1.07 bits per heavy atom. The third-order valence-electron chi connectivity index (χ3n) is 5.74. The van der Waals surface area contributed by atoms with E-state index >= 15 is 0 Å². The second-order valence-electron chi connectivity index (χ2n) is 7.47. The van der Waals surface area contributed by atoms with E-state index in [2.05, 4.69) is 15.1 Å². The van der Waals surface area contributed by atoms with Crippen LogP contribution in [0.1, 0.15) is 62.3 Å². The van der Waals surface area contributed by atoms with Crippen molar-refractivity contribution in [2.75, 3.05) is 13.1 Å². The summed E-state index contributed by atoms with van der Waals surface area (Å²) >= 11 is 0. The van der Waals surface area contributed by atoms with E-state index in [9.17, 15) is 18.0 Å². The van der Waals surface area contributed by atoms with Crippen LogP contribution in [0.4, 0.5) is 13.2 Å². The van der Waals surface area contributed by atoms with Gasteiger partial charge in [-0.1, -0.05) is 19.3 Å². The second kappa shape index (κ2) is 7.09. The van der Waals surface area contributed by atoms with E-state index in [0.29, 0.717) is 31.6 Å². The molecule has 0 bridgehead atoms. The predicted octanol–water partition coefficient (Wildman–Crippen LogP) is 3.43. The maximum Gasteiger partial charge on any atom is 0.433 e. The Balaban J connectivity index is 1.49. The lowest BCUT2D eigenvalue weighted by molar-refractivity contribution is -0.142. The third kappa shape index (κ3) is 3.64. The molecule has 2 aromatic heterocycles. The molecule has 1 aliphatic heterocycles. The number of amides is 1. The van der Waals surface area contributed by atoms with Gasteiger partial charge in [-0.2, -0.15) is 27.8 Å². The quantitative estimate of drug-likeness (QED) is 0.800. The van der Waals surface area contributed by atoms with E-state index in [4.69, 9.17) is 0 Å². The fourth-order valence-electron chi connectivity index (χ4n) is 4.24. The lowest BCUT2D eigenvalue weighted by atomic mass is 9.86. The van der Waals surface area contributed by atoms with Gasteiger partial charge in [0.2, 0.25) is 5.91 Å². The zero-order valence-corrected chi connectivity index (χ0v) is 15.0. The van der Waals surface area contributed by atoms with Gasteiger partial charge in [0, 0.05) is 30.6 Å². The number of halogens is 3. The molecule has 0 radical (unpaired) electrons. The number of fused-ring (bicyclic) bond motifs is 1. The molecule has 0 atom stereocenters. The SMILES string of the molecule is O=C(C1CCCCC1)N1CCC(c2cc(C(F)(F)F)n3ncnc3n2)CC1. The van der Waals surface area contributed by atoms with Gasteiger partial charge in [-0.15, -0.1) is 0 Å². The first-order chi connectivity index (χ1) is 12.9. The van der Waals surface area contributed by atoms with Crippen molar-refractivity contribution in [3.05, 3.63) is 23.8 Å². The van der Waals surface area contributed by atoms with Gasteiger partial charge in [0.15, 0.2) is 5.69 Å². The Morgan fingerprint density at radius 3 is 2.44 bits per heavy atom. The van der Waals surface area contributed by atoms with Gasteiger partial charge in [-0.25, -0.2) is 4.98 Å². The summed E-state index contributed by atoms with van der Waals surface area (Å²) in [7, 11) is 0. The largest absolute Gasteiger partial charge is 0.433 e. The first-order valence-electron chi connectivity index (χ1n) is 9.50. The first-order valence-corrected chi connectivity index (χ1v) is 9.50. The summed E-state index contributed by atoms with van der Waals surface area (Å²) in [6.07, 6.45) is 3.11. The second-order valence-corrected chi connectivity index (χ2v) is 7.47. The standard InChI is InChI=1S/C18H22F3N5O/c19-18(20,21)15-10-14(24-17-22-11-23-26(15)17)12-6-8-25(9-7-12)16(27)13-4-2-1-3-5-13/h10-13H,1-9H2. The number of hydrogen-bond donors (Lipinski definition) is 0. The summed E-state index contributed by atoms with van der Waals surface area (Å²) in [5.41, 5.74) is -0.478. The summed E-state index contributed by atoms with van der Waals surface area (Å²) in [5.74, 6) is 0.186. The molecule has 1 amide bonds. The Hall–Kier alpha value is -2.19. The predicted molar refractivity (Wildman–Crippen MR) is 90.9 cm³/mol. The van der Waals surface area contributed by atoms with Crippen molar-refractivity contribution in [1.29, 1.82) is 0 Å². The van der Waals surface area contributed by atoms with Crippen LogP contribution in [0, 0.1) is 5.92 Å². The number of likely N-dealkylation sites (tertiary alicyclic amines) is 1. The first kappa shape index (κ1) is 18.2. The smallest absolute Gasteiger partial charge is 0.342 e. The average molecular weight is 381 g/mol. The lowest BCUT2D eigenvalue weighted by Crippen LogP contribution is -2.42. The molecule has 0 unspecified atom stereocenters. The number of carbonyl (C=O) groups is 1. The molecule has 0 spiro atoms. The molecular weight excluding hydrogens is 359 g/mol. The minimum atomic E-state index is -4.53. The third-order valence-corrected chi connectivity index (χ3v) is 5.74. The zero-order valence-electron chi connectivity index (χ0n) is 15.0. The highest BCUT2D eigenvalue weighted by atomic mass is 19.4. The highest BCUT2D eigenvalue weighted by Gasteiger charge is 2.37. The van der Waals surface area contributed by atoms with Gasteiger partial charge in [0.25, 0.3) is 5.78 Å². The molecule has 1 saturated heterocycles. The number of nitrogens with zero attached hydrogens (tertiary/aromatic N) is 5. The van der Waals surface area contributed by atoms with E-state index < -0.39 is 11.9 Å². The van der Waals surface area contributed by atoms with Crippen LogP contribution < -0.4 is 0 Å². The van der Waals surface area contributed by atoms with Gasteiger partial charge in [0.05, 0.1) is 0 Å². The minimum Gasteiger partial charge on any atom is -0.342 e. The summed E-state index contributed by atoms with van der Waals surface area (Å²) < 4.78 is 40.8. The molecular formula is C18H22F3N5O. The highest BCUT2D eigenvalue weighted by molar-refractivity contribution is 5.79. The molecule has 2 aromatic rings. The molecule has 4 rings (SSSR count). The Bertz CT molecular complexity index is 820. The summed E-state index contributed by atoms with van der Waals surface area (Å²) in [6, 6.07) is 1.07. The van der Waals surface area contributed by atoms with Crippen LogP contribution in [-0.4, -0.2) is 43.5 Å². The van der Waals surface area contributed by atoms with Crippen molar-refractivity contribution in [3.63, 3.8) is 0 Å². The molecule has 2 fully saturated rings. The minimum absolute atomic E-state index is 0.0412.